The van der Waals surface area contributed by atoms with E-state index in [1.54, 1.807) is 42.5 Å². The van der Waals surface area contributed by atoms with Gasteiger partial charge in [0.05, 0.1) is 11.9 Å². The van der Waals surface area contributed by atoms with Crippen LogP contribution in [0.2, 0.25) is 5.02 Å². The third-order valence-corrected chi connectivity index (χ3v) is 8.48. The number of aryl methyl sites for hydroxylation is 1. The van der Waals surface area contributed by atoms with Gasteiger partial charge in [0.15, 0.2) is 0 Å². The van der Waals surface area contributed by atoms with Crippen LogP contribution in [0.25, 0.3) is 0 Å². The average Bonchev–Trinajstić information content (AvgIpc) is 2.90. The van der Waals surface area contributed by atoms with Gasteiger partial charge in [0.1, 0.15) is 12.6 Å². The lowest BCUT2D eigenvalue weighted by molar-refractivity contribution is -0.140. The Morgan fingerprint density at radius 1 is 1.00 bits per heavy atom. The van der Waals surface area contributed by atoms with Gasteiger partial charge in [-0.05, 0) is 60.4 Å². The Morgan fingerprint density at radius 3 is 2.26 bits per heavy atom. The first kappa shape index (κ1) is 30.7. The number of carbonyl (C=O) groups is 2. The molecule has 0 saturated carbocycles. The number of sulfonamides is 1. The highest BCUT2D eigenvalue weighted by Crippen LogP contribution is 2.25. The van der Waals surface area contributed by atoms with Gasteiger partial charge >= 0.3 is 0 Å². The number of halogens is 2. The van der Waals surface area contributed by atoms with Crippen LogP contribution in [0.15, 0.2) is 77.3 Å². The normalized spacial score (nSPS) is 12.0. The summed E-state index contributed by atoms with van der Waals surface area (Å²) >= 11 is 9.51. The van der Waals surface area contributed by atoms with E-state index in [2.05, 4.69) is 21.2 Å². The largest absolute Gasteiger partial charge is 0.354 e. The third kappa shape index (κ3) is 8.81. The van der Waals surface area contributed by atoms with Crippen molar-refractivity contribution in [3.05, 3.63) is 99.0 Å². The van der Waals surface area contributed by atoms with E-state index in [-0.39, 0.29) is 18.9 Å². The van der Waals surface area contributed by atoms with E-state index in [0.29, 0.717) is 17.3 Å². The number of amides is 2. The van der Waals surface area contributed by atoms with Crippen LogP contribution in [-0.4, -0.2) is 50.5 Å². The quantitative estimate of drug-likeness (QED) is 0.291. The molecule has 0 unspecified atom stereocenters. The predicted octanol–water partition coefficient (Wildman–Crippen LogP) is 5.34. The number of rotatable bonds is 12. The second-order valence-corrected chi connectivity index (χ2v) is 12.5. The Bertz CT molecular complexity index is 1390. The van der Waals surface area contributed by atoms with Crippen LogP contribution in [0.3, 0.4) is 0 Å². The highest BCUT2D eigenvalue weighted by molar-refractivity contribution is 9.10. The molecule has 3 rings (SSSR count). The molecular formula is C29H33BrClN3O4S. The minimum Gasteiger partial charge on any atom is -0.354 e. The van der Waals surface area contributed by atoms with Gasteiger partial charge in [-0.3, -0.25) is 13.9 Å². The highest BCUT2D eigenvalue weighted by Gasteiger charge is 2.33. The van der Waals surface area contributed by atoms with Crippen molar-refractivity contribution in [3.63, 3.8) is 0 Å². The summed E-state index contributed by atoms with van der Waals surface area (Å²) in [4.78, 5) is 28.9. The number of hydrogen-bond acceptors (Lipinski definition) is 4. The minimum atomic E-state index is -3.82. The first-order valence-corrected chi connectivity index (χ1v) is 15.6. The summed E-state index contributed by atoms with van der Waals surface area (Å²) in [7, 11) is -3.82. The van der Waals surface area contributed by atoms with E-state index in [9.17, 15) is 18.0 Å². The van der Waals surface area contributed by atoms with Crippen molar-refractivity contribution in [2.45, 2.75) is 39.3 Å². The highest BCUT2D eigenvalue weighted by atomic mass is 79.9. The van der Waals surface area contributed by atoms with Crippen molar-refractivity contribution < 1.29 is 18.0 Å². The molecule has 39 heavy (non-hydrogen) atoms. The molecule has 0 aliphatic rings. The van der Waals surface area contributed by atoms with Crippen LogP contribution in [0.1, 0.15) is 30.0 Å². The Balaban J connectivity index is 2.04. The van der Waals surface area contributed by atoms with Crippen LogP contribution < -0.4 is 9.62 Å². The number of carbonyl (C=O) groups excluding carboxylic acids is 2. The lowest BCUT2D eigenvalue weighted by Crippen LogP contribution is -2.53. The molecule has 0 spiro atoms. The Kier molecular flexibility index (Phi) is 11.0. The van der Waals surface area contributed by atoms with Gasteiger partial charge in [-0.2, -0.15) is 0 Å². The second-order valence-electron chi connectivity index (χ2n) is 9.35. The lowest BCUT2D eigenvalue weighted by atomic mass is 10.0. The van der Waals surface area contributed by atoms with Gasteiger partial charge in [-0.1, -0.05) is 76.9 Å². The topological polar surface area (TPSA) is 86.8 Å². The molecule has 2 amide bonds. The molecule has 0 bridgehead atoms. The van der Waals surface area contributed by atoms with Gasteiger partial charge in [0.25, 0.3) is 0 Å². The summed E-state index contributed by atoms with van der Waals surface area (Å²) in [6.07, 6.45) is 2.07. The van der Waals surface area contributed by atoms with Gasteiger partial charge in [-0.25, -0.2) is 8.42 Å². The summed E-state index contributed by atoms with van der Waals surface area (Å²) in [5, 5.41) is 3.47. The van der Waals surface area contributed by atoms with Crippen LogP contribution in [-0.2, 0) is 32.6 Å². The number of hydrogen-bond donors (Lipinski definition) is 1. The Morgan fingerprint density at radius 2 is 1.67 bits per heavy atom. The molecule has 3 aromatic rings. The Hall–Kier alpha value is -2.88. The van der Waals surface area contributed by atoms with E-state index in [4.69, 9.17) is 11.6 Å². The maximum Gasteiger partial charge on any atom is 0.244 e. The zero-order chi connectivity index (χ0) is 28.6. The molecule has 1 N–H and O–H groups in total. The molecule has 3 aromatic carbocycles. The zero-order valence-electron chi connectivity index (χ0n) is 22.2. The monoisotopic (exact) mass is 633 g/mol. The fraction of sp³-hybridized carbons (Fsp3) is 0.310. The summed E-state index contributed by atoms with van der Waals surface area (Å²) in [6, 6.07) is 20.7. The average molecular weight is 635 g/mol. The number of nitrogens with one attached hydrogen (secondary N) is 1. The van der Waals surface area contributed by atoms with Crippen molar-refractivity contribution in [1.29, 1.82) is 0 Å². The molecule has 208 valence electrons. The smallest absolute Gasteiger partial charge is 0.244 e. The maximum absolute atomic E-state index is 14.0. The molecule has 0 radical (unpaired) electrons. The first-order chi connectivity index (χ1) is 18.5. The van der Waals surface area contributed by atoms with Crippen LogP contribution >= 0.6 is 27.5 Å². The van der Waals surface area contributed by atoms with Crippen LogP contribution in [0, 0.1) is 6.92 Å². The molecule has 1 atom stereocenters. The number of nitrogens with zero attached hydrogens (tertiary/aromatic N) is 2. The SMILES string of the molecule is CCCNC(=O)[C@H](Cc1ccccc1)N(Cc1ccc(Cl)cc1)C(=O)CN(c1ccc(Br)c(C)c1)S(C)(=O)=O. The van der Waals surface area contributed by atoms with E-state index < -0.39 is 28.5 Å². The molecule has 0 saturated heterocycles. The fourth-order valence-electron chi connectivity index (χ4n) is 4.10. The van der Waals surface area contributed by atoms with Crippen molar-refractivity contribution in [3.8, 4) is 0 Å². The van der Waals surface area contributed by atoms with E-state index in [1.165, 1.54) is 4.90 Å². The van der Waals surface area contributed by atoms with Crippen molar-refractivity contribution in [2.75, 3.05) is 23.7 Å². The minimum absolute atomic E-state index is 0.101. The van der Waals surface area contributed by atoms with Crippen molar-refractivity contribution in [1.82, 2.24) is 10.2 Å². The summed E-state index contributed by atoms with van der Waals surface area (Å²) in [6.45, 7) is 3.90. The predicted molar refractivity (Wildman–Crippen MR) is 160 cm³/mol. The zero-order valence-corrected chi connectivity index (χ0v) is 25.4. The number of anilines is 1. The van der Waals surface area contributed by atoms with Gasteiger partial charge in [0, 0.05) is 29.0 Å². The maximum atomic E-state index is 14.0. The van der Waals surface area contributed by atoms with E-state index in [1.807, 2.05) is 44.2 Å². The van der Waals surface area contributed by atoms with Gasteiger partial charge < -0.3 is 10.2 Å². The Labute approximate surface area is 244 Å². The van der Waals surface area contributed by atoms with Crippen molar-refractivity contribution >= 4 is 55.1 Å². The second kappa shape index (κ2) is 14.0. The molecule has 0 aliphatic carbocycles. The van der Waals surface area contributed by atoms with Crippen LogP contribution in [0.4, 0.5) is 5.69 Å². The van der Waals surface area contributed by atoms with E-state index in [0.717, 1.165) is 38.1 Å². The molecule has 0 aliphatic heterocycles. The molecule has 7 nitrogen and oxygen atoms in total. The standard InChI is InChI=1S/C29H33BrClN3O4S/c1-4-16-32-29(36)27(18-22-8-6-5-7-9-22)33(19-23-10-12-24(31)13-11-23)28(35)20-34(39(3,37)38)25-14-15-26(30)21(2)17-25/h5-15,17,27H,4,16,18-20H2,1-3H3,(H,32,36)/t27-/m0/s1. The molecule has 0 aromatic heterocycles. The summed E-state index contributed by atoms with van der Waals surface area (Å²) in [5.41, 5.74) is 2.84. The molecule has 0 fully saturated rings. The van der Waals surface area contributed by atoms with Crippen molar-refractivity contribution in [2.24, 2.45) is 0 Å². The van der Waals surface area contributed by atoms with E-state index >= 15 is 0 Å². The third-order valence-electron chi connectivity index (χ3n) is 6.20. The first-order valence-electron chi connectivity index (χ1n) is 12.6. The van der Waals surface area contributed by atoms with Gasteiger partial charge in [0.2, 0.25) is 21.8 Å². The summed E-state index contributed by atoms with van der Waals surface area (Å²) in [5.74, 6) is -0.795. The molecule has 0 heterocycles. The number of benzene rings is 3. The molecular weight excluding hydrogens is 602 g/mol. The van der Waals surface area contributed by atoms with Gasteiger partial charge in [-0.15, -0.1) is 0 Å². The summed E-state index contributed by atoms with van der Waals surface area (Å²) < 4.78 is 27.6. The lowest BCUT2D eigenvalue weighted by Gasteiger charge is -2.33. The fourth-order valence-corrected chi connectivity index (χ4v) is 5.32. The van der Waals surface area contributed by atoms with Crippen LogP contribution in [0.5, 0.6) is 0 Å². The molecule has 10 heteroatoms.